The molecule has 0 radical (unpaired) electrons. The predicted molar refractivity (Wildman–Crippen MR) is 74.6 cm³/mol. The molecule has 0 fully saturated rings. The Hall–Kier alpha value is -1.69. The zero-order valence-corrected chi connectivity index (χ0v) is 11.4. The molecule has 2 heterocycles. The zero-order valence-electron chi connectivity index (χ0n) is 10.6. The van der Waals surface area contributed by atoms with Gasteiger partial charge in [-0.15, -0.1) is 11.3 Å². The van der Waals surface area contributed by atoms with Crippen LogP contribution in [-0.4, -0.2) is 15.0 Å². The van der Waals surface area contributed by atoms with Crippen molar-refractivity contribution in [1.82, 2.24) is 15.0 Å². The van der Waals surface area contributed by atoms with Gasteiger partial charge in [0.05, 0.1) is 6.54 Å². The highest BCUT2D eigenvalue weighted by atomic mass is 32.1. The number of rotatable bonds is 5. The average molecular weight is 263 g/mol. The van der Waals surface area contributed by atoms with Gasteiger partial charge in [0.25, 0.3) is 0 Å². The van der Waals surface area contributed by atoms with Crippen LogP contribution in [0.5, 0.6) is 0 Å². The first-order valence-electron chi connectivity index (χ1n) is 6.02. The Labute approximate surface area is 111 Å². The number of nitrogen functional groups attached to an aromatic ring is 1. The van der Waals surface area contributed by atoms with E-state index < -0.39 is 0 Å². The SMILES string of the molecule is CCc1nc(N)cc(NCc2ncc(CC)s2)n1. The molecule has 5 nitrogen and oxygen atoms in total. The standard InChI is InChI=1S/C12H17N5S/c1-3-8-6-15-12(18-8)7-14-11-5-9(13)16-10(4-2)17-11/h5-6H,3-4,7H2,1-2H3,(H3,13,14,16,17). The van der Waals surface area contributed by atoms with Crippen LogP contribution in [0.3, 0.4) is 0 Å². The van der Waals surface area contributed by atoms with Crippen LogP contribution >= 0.6 is 11.3 Å². The van der Waals surface area contributed by atoms with Gasteiger partial charge in [0.2, 0.25) is 0 Å². The van der Waals surface area contributed by atoms with Crippen LogP contribution in [0.15, 0.2) is 12.3 Å². The number of nitrogens with zero attached hydrogens (tertiary/aromatic N) is 3. The Balaban J connectivity index is 2.03. The summed E-state index contributed by atoms with van der Waals surface area (Å²) in [6.07, 6.45) is 3.72. The summed E-state index contributed by atoms with van der Waals surface area (Å²) in [5.41, 5.74) is 5.73. The molecular weight excluding hydrogens is 246 g/mol. The lowest BCUT2D eigenvalue weighted by atomic mass is 10.4. The first-order chi connectivity index (χ1) is 8.71. The maximum absolute atomic E-state index is 5.73. The number of nitrogens with two attached hydrogens (primary N) is 1. The molecule has 0 amide bonds. The second kappa shape index (κ2) is 5.77. The summed E-state index contributed by atoms with van der Waals surface area (Å²) < 4.78 is 0. The normalized spacial score (nSPS) is 10.6. The minimum Gasteiger partial charge on any atom is -0.384 e. The van der Waals surface area contributed by atoms with Crippen molar-refractivity contribution in [1.29, 1.82) is 0 Å². The molecular formula is C12H17N5S. The van der Waals surface area contributed by atoms with Gasteiger partial charge in [0.1, 0.15) is 22.5 Å². The Morgan fingerprint density at radius 2 is 2.11 bits per heavy atom. The minimum atomic E-state index is 0.498. The lowest BCUT2D eigenvalue weighted by molar-refractivity contribution is 0.936. The zero-order chi connectivity index (χ0) is 13.0. The second-order valence-corrected chi connectivity index (χ2v) is 5.08. The van der Waals surface area contributed by atoms with Crippen molar-refractivity contribution in [3.05, 3.63) is 28.0 Å². The smallest absolute Gasteiger partial charge is 0.132 e. The van der Waals surface area contributed by atoms with Gasteiger partial charge in [0, 0.05) is 23.6 Å². The molecule has 0 spiro atoms. The fourth-order valence-corrected chi connectivity index (χ4v) is 2.33. The lowest BCUT2D eigenvalue weighted by Gasteiger charge is -2.05. The second-order valence-electron chi connectivity index (χ2n) is 3.88. The van der Waals surface area contributed by atoms with Crippen LogP contribution in [0.2, 0.25) is 0 Å². The molecule has 96 valence electrons. The molecule has 0 aliphatic rings. The van der Waals surface area contributed by atoms with Gasteiger partial charge >= 0.3 is 0 Å². The van der Waals surface area contributed by atoms with E-state index in [0.717, 1.165) is 29.5 Å². The number of hydrogen-bond acceptors (Lipinski definition) is 6. The van der Waals surface area contributed by atoms with Crippen LogP contribution in [0.1, 0.15) is 29.6 Å². The van der Waals surface area contributed by atoms with E-state index in [4.69, 9.17) is 5.73 Å². The Bertz CT molecular complexity index is 523. The van der Waals surface area contributed by atoms with E-state index in [9.17, 15) is 0 Å². The molecule has 6 heteroatoms. The summed E-state index contributed by atoms with van der Waals surface area (Å²) >= 11 is 1.72. The lowest BCUT2D eigenvalue weighted by Crippen LogP contribution is -2.05. The fraction of sp³-hybridized carbons (Fsp3) is 0.417. The Kier molecular flexibility index (Phi) is 4.09. The molecule has 0 unspecified atom stereocenters. The number of thiazole rings is 1. The first-order valence-corrected chi connectivity index (χ1v) is 6.83. The first kappa shape index (κ1) is 12.8. The van der Waals surface area contributed by atoms with E-state index in [1.807, 2.05) is 13.1 Å². The molecule has 0 aliphatic carbocycles. The molecule has 2 aromatic rings. The van der Waals surface area contributed by atoms with Gasteiger partial charge < -0.3 is 11.1 Å². The van der Waals surface area contributed by atoms with E-state index in [0.29, 0.717) is 12.4 Å². The summed E-state index contributed by atoms with van der Waals surface area (Å²) in [5, 5.41) is 4.29. The van der Waals surface area contributed by atoms with Crippen LogP contribution < -0.4 is 11.1 Å². The van der Waals surface area contributed by atoms with Crippen molar-refractivity contribution < 1.29 is 0 Å². The number of aromatic nitrogens is 3. The van der Waals surface area contributed by atoms with Gasteiger partial charge in [-0.05, 0) is 6.42 Å². The van der Waals surface area contributed by atoms with Crippen LogP contribution in [0.25, 0.3) is 0 Å². The third kappa shape index (κ3) is 3.16. The summed E-state index contributed by atoms with van der Waals surface area (Å²) in [7, 11) is 0. The molecule has 0 aromatic carbocycles. The van der Waals surface area contributed by atoms with Crippen LogP contribution in [0.4, 0.5) is 11.6 Å². The van der Waals surface area contributed by atoms with Gasteiger partial charge in [-0.25, -0.2) is 15.0 Å². The van der Waals surface area contributed by atoms with E-state index >= 15 is 0 Å². The highest BCUT2D eigenvalue weighted by Gasteiger charge is 2.03. The quantitative estimate of drug-likeness (QED) is 0.865. The van der Waals surface area contributed by atoms with Gasteiger partial charge in [-0.1, -0.05) is 13.8 Å². The molecule has 3 N–H and O–H groups in total. The molecule has 0 saturated carbocycles. The molecule has 0 bridgehead atoms. The maximum Gasteiger partial charge on any atom is 0.132 e. The summed E-state index contributed by atoms with van der Waals surface area (Å²) in [4.78, 5) is 14.2. The third-order valence-electron chi connectivity index (χ3n) is 2.48. The fourth-order valence-electron chi connectivity index (χ4n) is 1.53. The third-order valence-corrected chi connectivity index (χ3v) is 3.62. The van der Waals surface area contributed by atoms with E-state index in [1.54, 1.807) is 17.4 Å². The number of anilines is 2. The molecule has 2 aromatic heterocycles. The molecule has 0 saturated heterocycles. The van der Waals surface area contributed by atoms with Crippen molar-refractivity contribution in [3.63, 3.8) is 0 Å². The number of hydrogen-bond donors (Lipinski definition) is 2. The van der Waals surface area contributed by atoms with Crippen LogP contribution in [0, 0.1) is 0 Å². The average Bonchev–Trinajstić information content (AvgIpc) is 2.83. The predicted octanol–water partition coefficient (Wildman–Crippen LogP) is 2.25. The Morgan fingerprint density at radius 1 is 1.28 bits per heavy atom. The van der Waals surface area contributed by atoms with Gasteiger partial charge in [-0.2, -0.15) is 0 Å². The van der Waals surface area contributed by atoms with Gasteiger partial charge in [-0.3, -0.25) is 0 Å². The van der Waals surface area contributed by atoms with Crippen molar-refractivity contribution in [2.45, 2.75) is 33.2 Å². The van der Waals surface area contributed by atoms with E-state index in [-0.39, 0.29) is 0 Å². The summed E-state index contributed by atoms with van der Waals surface area (Å²) in [5.74, 6) is 2.01. The molecule has 0 atom stereocenters. The number of aryl methyl sites for hydroxylation is 2. The van der Waals surface area contributed by atoms with E-state index in [2.05, 4.69) is 27.2 Å². The van der Waals surface area contributed by atoms with Crippen LogP contribution in [-0.2, 0) is 19.4 Å². The van der Waals surface area contributed by atoms with Crippen molar-refractivity contribution in [3.8, 4) is 0 Å². The molecule has 2 rings (SSSR count). The van der Waals surface area contributed by atoms with Crippen molar-refractivity contribution >= 4 is 23.0 Å². The summed E-state index contributed by atoms with van der Waals surface area (Å²) in [6, 6.07) is 1.74. The largest absolute Gasteiger partial charge is 0.384 e. The minimum absolute atomic E-state index is 0.498. The van der Waals surface area contributed by atoms with E-state index in [1.165, 1.54) is 4.88 Å². The maximum atomic E-state index is 5.73. The van der Waals surface area contributed by atoms with Gasteiger partial charge in [0.15, 0.2) is 0 Å². The van der Waals surface area contributed by atoms with Crippen molar-refractivity contribution in [2.75, 3.05) is 11.1 Å². The highest BCUT2D eigenvalue weighted by Crippen LogP contribution is 2.15. The molecule has 18 heavy (non-hydrogen) atoms. The number of nitrogens with one attached hydrogen (secondary N) is 1. The van der Waals surface area contributed by atoms with Crippen molar-refractivity contribution in [2.24, 2.45) is 0 Å². The Morgan fingerprint density at radius 3 is 2.78 bits per heavy atom. The topological polar surface area (TPSA) is 76.7 Å². The summed E-state index contributed by atoms with van der Waals surface area (Å²) in [6.45, 7) is 4.81. The monoisotopic (exact) mass is 263 g/mol. The molecule has 0 aliphatic heterocycles. The highest BCUT2D eigenvalue weighted by molar-refractivity contribution is 7.11.